The fourth-order valence-electron chi connectivity index (χ4n) is 3.09. The van der Waals surface area contributed by atoms with E-state index in [-0.39, 0.29) is 5.92 Å². The smallest absolute Gasteiger partial charge is 0.334 e. The van der Waals surface area contributed by atoms with Gasteiger partial charge in [0.2, 0.25) is 12.3 Å². The number of aromatic nitrogens is 1. The van der Waals surface area contributed by atoms with E-state index in [1.807, 2.05) is 38.3 Å². The number of rotatable bonds is 14. The molecule has 0 aliphatic rings. The molecule has 0 aliphatic heterocycles. The van der Waals surface area contributed by atoms with Gasteiger partial charge in [-0.2, -0.15) is 16.5 Å². The van der Waals surface area contributed by atoms with Crippen molar-refractivity contribution < 1.29 is 23.9 Å². The molecule has 0 aliphatic carbocycles. The minimum absolute atomic E-state index is 0.141. The summed E-state index contributed by atoms with van der Waals surface area (Å²) < 4.78 is 6.35. The predicted molar refractivity (Wildman–Crippen MR) is 134 cm³/mol. The average Bonchev–Trinajstić information content (AvgIpc) is 2.81. The van der Waals surface area contributed by atoms with Gasteiger partial charge in [-0.1, -0.05) is 37.7 Å². The Hall–Kier alpha value is -2.72. The lowest BCUT2D eigenvalue weighted by atomic mass is 10.0. The molecular weight excluding hydrogens is 474 g/mol. The van der Waals surface area contributed by atoms with Gasteiger partial charge in [0.05, 0.1) is 0 Å². The van der Waals surface area contributed by atoms with Crippen LogP contribution in [0.5, 0.6) is 5.75 Å². The van der Waals surface area contributed by atoms with E-state index in [2.05, 4.69) is 10.6 Å². The molecule has 0 saturated carbocycles. The Morgan fingerprint density at radius 1 is 1.15 bits per heavy atom. The van der Waals surface area contributed by atoms with Gasteiger partial charge in [-0.3, -0.25) is 9.59 Å². The Morgan fingerprint density at radius 3 is 2.50 bits per heavy atom. The number of nitrogens with zero attached hydrogens (tertiary/aromatic N) is 1. The number of thioether (sulfide) groups is 2. The molecule has 1 aromatic carbocycles. The topological polar surface area (TPSA) is 111 Å². The number of esters is 1. The molecule has 2 amide bonds. The molecule has 2 unspecified atom stereocenters. The second-order valence-electron chi connectivity index (χ2n) is 8.03. The van der Waals surface area contributed by atoms with Crippen molar-refractivity contribution in [2.24, 2.45) is 5.92 Å². The van der Waals surface area contributed by atoms with Crippen molar-refractivity contribution in [2.45, 2.75) is 49.6 Å². The van der Waals surface area contributed by atoms with Crippen LogP contribution in [0.4, 0.5) is 0 Å². The summed E-state index contributed by atoms with van der Waals surface area (Å²) >= 11 is 2.98. The molecule has 2 atom stereocenters. The van der Waals surface area contributed by atoms with Crippen LogP contribution in [0.15, 0.2) is 53.7 Å². The molecule has 0 bridgehead atoms. The van der Waals surface area contributed by atoms with Gasteiger partial charge in [0.1, 0.15) is 17.8 Å². The molecule has 0 fully saturated rings. The quantitative estimate of drug-likeness (QED) is 0.101. The summed E-state index contributed by atoms with van der Waals surface area (Å²) in [6.07, 6.45) is 4.73. The minimum Gasteiger partial charge on any atom is -0.618 e. The highest BCUT2D eigenvalue weighted by atomic mass is 32.2. The molecule has 1 aromatic heterocycles. The van der Waals surface area contributed by atoms with Crippen LogP contribution < -0.4 is 20.1 Å². The summed E-state index contributed by atoms with van der Waals surface area (Å²) in [4.78, 5) is 36.4. The minimum atomic E-state index is -0.835. The van der Waals surface area contributed by atoms with Crippen LogP contribution in [0.2, 0.25) is 0 Å². The second-order valence-corrected chi connectivity index (χ2v) is 10.0. The number of hydrogen-bond donors (Lipinski definition) is 2. The van der Waals surface area contributed by atoms with E-state index in [0.717, 1.165) is 10.3 Å². The van der Waals surface area contributed by atoms with Crippen molar-refractivity contribution in [3.63, 3.8) is 0 Å². The number of ether oxygens (including phenoxy) is 1. The first-order valence-corrected chi connectivity index (χ1v) is 13.3. The molecule has 10 heteroatoms. The van der Waals surface area contributed by atoms with Crippen molar-refractivity contribution >= 4 is 41.8 Å². The summed E-state index contributed by atoms with van der Waals surface area (Å²) in [5, 5.41) is 17.6. The molecular formula is C24H31N3O5S2. The number of hydrogen-bond acceptors (Lipinski definition) is 7. The van der Waals surface area contributed by atoms with Crippen LogP contribution in [0, 0.1) is 11.1 Å². The van der Waals surface area contributed by atoms with Gasteiger partial charge < -0.3 is 20.6 Å². The summed E-state index contributed by atoms with van der Waals surface area (Å²) in [6.45, 7) is 3.90. The van der Waals surface area contributed by atoms with Gasteiger partial charge in [0.15, 0.2) is 6.20 Å². The normalized spacial score (nSPS) is 12.6. The molecule has 34 heavy (non-hydrogen) atoms. The maximum atomic E-state index is 12.8. The van der Waals surface area contributed by atoms with Crippen molar-refractivity contribution in [3.8, 4) is 5.75 Å². The molecule has 184 valence electrons. The van der Waals surface area contributed by atoms with E-state index >= 15 is 0 Å². The number of pyridine rings is 1. The third kappa shape index (κ3) is 9.26. The fourth-order valence-corrected chi connectivity index (χ4v) is 4.43. The monoisotopic (exact) mass is 505 g/mol. The zero-order valence-corrected chi connectivity index (χ0v) is 21.2. The molecule has 1 heterocycles. The maximum Gasteiger partial charge on any atom is 0.334 e. The van der Waals surface area contributed by atoms with Crippen molar-refractivity contribution in [2.75, 3.05) is 12.0 Å². The lowest BCUT2D eigenvalue weighted by Gasteiger charge is -2.22. The summed E-state index contributed by atoms with van der Waals surface area (Å²) in [7, 11) is 0. The zero-order chi connectivity index (χ0) is 24.9. The Labute approximate surface area is 208 Å². The molecule has 0 saturated heterocycles. The summed E-state index contributed by atoms with van der Waals surface area (Å²) in [5.74, 6) is 0.825. The van der Waals surface area contributed by atoms with Crippen molar-refractivity contribution in [1.29, 1.82) is 0 Å². The van der Waals surface area contributed by atoms with Crippen LogP contribution >= 0.6 is 23.5 Å². The zero-order valence-electron chi connectivity index (χ0n) is 19.6. The molecule has 2 rings (SSSR count). The first-order chi connectivity index (χ1) is 16.3. The van der Waals surface area contributed by atoms with Gasteiger partial charge in [-0.05, 0) is 54.5 Å². The van der Waals surface area contributed by atoms with E-state index in [1.165, 1.54) is 18.0 Å². The SMILES string of the molecule is CSCCC(NC=O)C(=O)NC(CC(C)C)C(=O)Oc1ccc(CSc2cccc[n+]2[O-])cc1. The fraction of sp³-hybridized carbons (Fsp3) is 0.417. The summed E-state index contributed by atoms with van der Waals surface area (Å²) in [6, 6.07) is 10.7. The van der Waals surface area contributed by atoms with Gasteiger partial charge in [-0.15, -0.1) is 0 Å². The third-order valence-electron chi connectivity index (χ3n) is 4.82. The average molecular weight is 506 g/mol. The highest BCUT2D eigenvalue weighted by molar-refractivity contribution is 7.98. The first kappa shape index (κ1) is 27.5. The highest BCUT2D eigenvalue weighted by Gasteiger charge is 2.27. The number of carbonyl (C=O) groups is 3. The molecule has 8 nitrogen and oxygen atoms in total. The van der Waals surface area contributed by atoms with E-state index in [1.54, 1.807) is 36.0 Å². The molecule has 0 spiro atoms. The Morgan fingerprint density at radius 2 is 1.88 bits per heavy atom. The number of carbonyl (C=O) groups excluding carboxylic acids is 3. The van der Waals surface area contributed by atoms with Crippen LogP contribution in [0.1, 0.15) is 32.3 Å². The second kappa shape index (κ2) is 14.5. The van der Waals surface area contributed by atoms with E-state index in [9.17, 15) is 19.6 Å². The predicted octanol–water partition coefficient (Wildman–Crippen LogP) is 2.92. The standard InChI is InChI=1S/C24H31N3O5S2/c1-17(2)14-21(26-23(29)20(25-16-28)11-13-33-3)24(30)32-19-9-7-18(8-10-19)15-34-22-6-4-5-12-27(22)31/h4-10,12,16-17,20-21H,11,13-15H2,1-3H3,(H,25,28)(H,26,29). The molecule has 2 aromatic rings. The van der Waals surface area contributed by atoms with Crippen LogP contribution in [0.25, 0.3) is 0 Å². The highest BCUT2D eigenvalue weighted by Crippen LogP contribution is 2.22. The van der Waals surface area contributed by atoms with Gasteiger partial charge in [-0.25, -0.2) is 4.79 Å². The van der Waals surface area contributed by atoms with Crippen LogP contribution in [-0.2, 0) is 20.1 Å². The van der Waals surface area contributed by atoms with Gasteiger partial charge in [0.25, 0.3) is 5.03 Å². The van der Waals surface area contributed by atoms with Crippen LogP contribution in [0.3, 0.4) is 0 Å². The molecule has 2 N–H and O–H groups in total. The van der Waals surface area contributed by atoms with Gasteiger partial charge in [0, 0.05) is 17.9 Å². The lowest BCUT2D eigenvalue weighted by Crippen LogP contribution is -2.51. The lowest BCUT2D eigenvalue weighted by molar-refractivity contribution is -0.645. The summed E-state index contributed by atoms with van der Waals surface area (Å²) in [5.41, 5.74) is 0.970. The van der Waals surface area contributed by atoms with E-state index in [0.29, 0.717) is 41.5 Å². The number of benzene rings is 1. The van der Waals surface area contributed by atoms with E-state index in [4.69, 9.17) is 4.74 Å². The maximum absolute atomic E-state index is 12.8. The van der Waals surface area contributed by atoms with Gasteiger partial charge >= 0.3 is 5.97 Å². The van der Waals surface area contributed by atoms with Crippen molar-refractivity contribution in [3.05, 3.63) is 59.4 Å². The number of amides is 2. The first-order valence-electron chi connectivity index (χ1n) is 10.9. The van der Waals surface area contributed by atoms with Crippen molar-refractivity contribution in [1.82, 2.24) is 10.6 Å². The number of nitrogens with one attached hydrogen (secondary N) is 2. The Bertz CT molecular complexity index is 940. The largest absolute Gasteiger partial charge is 0.618 e. The third-order valence-corrected chi connectivity index (χ3v) is 6.55. The van der Waals surface area contributed by atoms with Crippen LogP contribution in [-0.4, -0.2) is 42.4 Å². The Kier molecular flexibility index (Phi) is 11.8. The van der Waals surface area contributed by atoms with E-state index < -0.39 is 24.0 Å². The molecule has 0 radical (unpaired) electrons. The Balaban J connectivity index is 1.99.